The Morgan fingerprint density at radius 1 is 0.975 bits per heavy atom. The standard InChI is InChI=1S/C32H33ClN4O2S/c33-26-7-5-6-24(20-26)22-37-27-8-1-2-9-28(27)40-29(32(37)39)21-23-11-13-25(14-12-23)31(38)36-18-16-35(17-19-36)30-10-3-4-15-34-30/h3-7,10-15,20-21,27-28H,1-2,8-9,16-19,22H2/b29-21+. The van der Waals surface area contributed by atoms with Crippen molar-refractivity contribution in [2.24, 2.45) is 0 Å². The molecular weight excluding hydrogens is 540 g/mol. The first-order chi connectivity index (χ1) is 19.5. The number of benzene rings is 2. The molecule has 2 amide bonds. The van der Waals surface area contributed by atoms with Gasteiger partial charge in [0, 0.05) is 60.8 Å². The van der Waals surface area contributed by atoms with Gasteiger partial charge in [-0.1, -0.05) is 54.8 Å². The van der Waals surface area contributed by atoms with Crippen LogP contribution in [0.2, 0.25) is 5.02 Å². The Balaban J connectivity index is 1.14. The molecule has 2 unspecified atom stereocenters. The number of hydrogen-bond acceptors (Lipinski definition) is 5. The third kappa shape index (κ3) is 5.91. The van der Waals surface area contributed by atoms with Gasteiger partial charge < -0.3 is 14.7 Å². The fourth-order valence-corrected chi connectivity index (χ4v) is 7.61. The Hall–Kier alpha value is -3.29. The Kier molecular flexibility index (Phi) is 8.12. The summed E-state index contributed by atoms with van der Waals surface area (Å²) in [6.07, 6.45) is 8.31. The first-order valence-electron chi connectivity index (χ1n) is 14.0. The van der Waals surface area contributed by atoms with E-state index in [-0.39, 0.29) is 17.9 Å². The van der Waals surface area contributed by atoms with E-state index in [0.717, 1.165) is 54.2 Å². The predicted molar refractivity (Wildman–Crippen MR) is 162 cm³/mol. The Morgan fingerprint density at radius 2 is 1.77 bits per heavy atom. The fourth-order valence-electron chi connectivity index (χ4n) is 5.93. The van der Waals surface area contributed by atoms with Crippen LogP contribution in [0.3, 0.4) is 0 Å². The topological polar surface area (TPSA) is 56.8 Å². The SMILES string of the molecule is O=C(c1ccc(/C=C2/SC3CCCCC3N(Cc3cccc(Cl)c3)C2=O)cc1)N1CCN(c2ccccn2)CC1. The molecule has 0 radical (unpaired) electrons. The summed E-state index contributed by atoms with van der Waals surface area (Å²) in [5.41, 5.74) is 2.66. The van der Waals surface area contributed by atoms with Crippen molar-refractivity contribution in [3.05, 3.63) is 99.5 Å². The molecule has 3 aliphatic rings. The number of carbonyl (C=O) groups is 2. The minimum Gasteiger partial charge on any atom is -0.353 e. The fraction of sp³-hybridized carbons (Fsp3) is 0.344. The number of rotatable bonds is 5. The highest BCUT2D eigenvalue weighted by atomic mass is 35.5. The summed E-state index contributed by atoms with van der Waals surface area (Å²) < 4.78 is 0. The van der Waals surface area contributed by atoms with Crippen molar-refractivity contribution in [2.45, 2.75) is 43.5 Å². The van der Waals surface area contributed by atoms with Gasteiger partial charge in [0.05, 0.1) is 4.91 Å². The lowest BCUT2D eigenvalue weighted by atomic mass is 9.92. The van der Waals surface area contributed by atoms with Crippen LogP contribution < -0.4 is 4.90 Å². The molecule has 0 spiro atoms. The van der Waals surface area contributed by atoms with Crippen molar-refractivity contribution in [1.29, 1.82) is 0 Å². The van der Waals surface area contributed by atoms with Gasteiger partial charge in [0.1, 0.15) is 5.82 Å². The van der Waals surface area contributed by atoms with E-state index in [4.69, 9.17) is 11.6 Å². The Bertz CT molecular complexity index is 1390. The molecule has 2 aromatic carbocycles. The molecule has 2 aliphatic heterocycles. The number of piperazine rings is 1. The zero-order chi connectivity index (χ0) is 27.5. The predicted octanol–water partition coefficient (Wildman–Crippen LogP) is 6.13. The smallest absolute Gasteiger partial charge is 0.260 e. The van der Waals surface area contributed by atoms with Gasteiger partial charge in [-0.3, -0.25) is 9.59 Å². The zero-order valence-electron chi connectivity index (χ0n) is 22.4. The second-order valence-corrected chi connectivity index (χ2v) is 12.4. The molecule has 2 atom stereocenters. The molecule has 2 saturated heterocycles. The maximum Gasteiger partial charge on any atom is 0.260 e. The number of amides is 2. The number of anilines is 1. The molecule has 206 valence electrons. The monoisotopic (exact) mass is 572 g/mol. The normalized spacial score (nSPS) is 22.4. The summed E-state index contributed by atoms with van der Waals surface area (Å²) in [6, 6.07) is 21.6. The van der Waals surface area contributed by atoms with Gasteiger partial charge in [0.15, 0.2) is 0 Å². The van der Waals surface area contributed by atoms with Crippen molar-refractivity contribution in [1.82, 2.24) is 14.8 Å². The van der Waals surface area contributed by atoms with Crippen LogP contribution in [-0.2, 0) is 11.3 Å². The third-order valence-electron chi connectivity index (χ3n) is 8.06. The average molecular weight is 573 g/mol. The van der Waals surface area contributed by atoms with Gasteiger partial charge in [-0.15, -0.1) is 11.8 Å². The summed E-state index contributed by atoms with van der Waals surface area (Å²) in [5.74, 6) is 1.08. The Morgan fingerprint density at radius 3 is 2.52 bits per heavy atom. The molecule has 8 heteroatoms. The maximum absolute atomic E-state index is 13.7. The van der Waals surface area contributed by atoms with Gasteiger partial charge in [-0.05, 0) is 66.4 Å². The Labute approximate surface area is 245 Å². The second kappa shape index (κ2) is 12.1. The van der Waals surface area contributed by atoms with E-state index in [1.807, 2.05) is 77.7 Å². The highest BCUT2D eigenvalue weighted by Gasteiger charge is 2.40. The number of halogens is 1. The van der Waals surface area contributed by atoms with Gasteiger partial charge in [0.2, 0.25) is 0 Å². The number of fused-ring (bicyclic) bond motifs is 1. The van der Waals surface area contributed by atoms with E-state index in [1.165, 1.54) is 6.42 Å². The highest BCUT2D eigenvalue weighted by molar-refractivity contribution is 8.04. The van der Waals surface area contributed by atoms with Gasteiger partial charge in [-0.25, -0.2) is 4.98 Å². The summed E-state index contributed by atoms with van der Waals surface area (Å²) in [6.45, 7) is 3.43. The maximum atomic E-state index is 13.7. The molecule has 3 aromatic rings. The van der Waals surface area contributed by atoms with E-state index >= 15 is 0 Å². The van der Waals surface area contributed by atoms with Crippen molar-refractivity contribution in [3.8, 4) is 0 Å². The molecule has 1 aliphatic carbocycles. The molecule has 0 N–H and O–H groups in total. The lowest BCUT2D eigenvalue weighted by Gasteiger charge is -2.44. The number of carbonyl (C=O) groups excluding carboxylic acids is 2. The summed E-state index contributed by atoms with van der Waals surface area (Å²) in [5, 5.41) is 1.10. The highest BCUT2D eigenvalue weighted by Crippen LogP contribution is 2.42. The van der Waals surface area contributed by atoms with Crippen LogP contribution in [0.1, 0.15) is 47.2 Å². The minimum atomic E-state index is 0.0423. The average Bonchev–Trinajstić information content (AvgIpc) is 3.00. The van der Waals surface area contributed by atoms with E-state index < -0.39 is 0 Å². The van der Waals surface area contributed by atoms with Gasteiger partial charge >= 0.3 is 0 Å². The number of hydrogen-bond donors (Lipinski definition) is 0. The van der Waals surface area contributed by atoms with Crippen LogP contribution in [0, 0.1) is 0 Å². The summed E-state index contributed by atoms with van der Waals surface area (Å²) >= 11 is 7.96. The third-order valence-corrected chi connectivity index (χ3v) is 9.69. The van der Waals surface area contributed by atoms with Gasteiger partial charge in [-0.2, -0.15) is 0 Å². The lowest BCUT2D eigenvalue weighted by molar-refractivity contribution is -0.130. The first-order valence-corrected chi connectivity index (χ1v) is 15.3. The molecule has 6 nitrogen and oxygen atoms in total. The summed E-state index contributed by atoms with van der Waals surface area (Å²) in [7, 11) is 0. The van der Waals surface area contributed by atoms with Crippen molar-refractivity contribution in [3.63, 3.8) is 0 Å². The molecule has 40 heavy (non-hydrogen) atoms. The van der Waals surface area contributed by atoms with E-state index in [2.05, 4.69) is 14.8 Å². The quantitative estimate of drug-likeness (QED) is 0.345. The largest absolute Gasteiger partial charge is 0.353 e. The van der Waals surface area contributed by atoms with Crippen molar-refractivity contribution in [2.75, 3.05) is 31.1 Å². The molecular formula is C32H33ClN4O2S. The van der Waals surface area contributed by atoms with Crippen LogP contribution in [0.4, 0.5) is 5.82 Å². The van der Waals surface area contributed by atoms with Crippen molar-refractivity contribution < 1.29 is 9.59 Å². The minimum absolute atomic E-state index is 0.0423. The van der Waals surface area contributed by atoms with E-state index in [0.29, 0.717) is 35.5 Å². The van der Waals surface area contributed by atoms with Gasteiger partial charge in [0.25, 0.3) is 11.8 Å². The number of thioether (sulfide) groups is 1. The molecule has 0 bridgehead atoms. The number of aromatic nitrogens is 1. The first kappa shape index (κ1) is 26.9. The number of nitrogens with zero attached hydrogens (tertiary/aromatic N) is 4. The molecule has 3 fully saturated rings. The van der Waals surface area contributed by atoms with Crippen LogP contribution in [0.5, 0.6) is 0 Å². The summed E-state index contributed by atoms with van der Waals surface area (Å²) in [4.78, 5) is 38.3. The van der Waals surface area contributed by atoms with Crippen LogP contribution in [0.25, 0.3) is 6.08 Å². The van der Waals surface area contributed by atoms with Crippen LogP contribution in [0.15, 0.2) is 77.8 Å². The van der Waals surface area contributed by atoms with E-state index in [9.17, 15) is 9.59 Å². The van der Waals surface area contributed by atoms with Crippen molar-refractivity contribution >= 4 is 47.1 Å². The zero-order valence-corrected chi connectivity index (χ0v) is 24.0. The molecule has 1 saturated carbocycles. The molecule has 1 aromatic heterocycles. The lowest BCUT2D eigenvalue weighted by Crippen LogP contribution is -2.50. The van der Waals surface area contributed by atoms with E-state index in [1.54, 1.807) is 18.0 Å². The number of pyridine rings is 1. The van der Waals surface area contributed by atoms with Crippen LogP contribution in [-0.4, -0.2) is 64.1 Å². The van der Waals surface area contributed by atoms with Crippen LogP contribution >= 0.6 is 23.4 Å². The second-order valence-electron chi connectivity index (χ2n) is 10.7. The molecule has 6 rings (SSSR count). The molecule has 3 heterocycles.